The maximum Gasteiger partial charge on any atom is 0.315 e. The largest absolute Gasteiger partial charge is 0.472 e. The standard InChI is InChI=1S/C26H28N2O4/c1-4-16-13-28-9-8-25-20-11-17(18-7-10-31-14-18)5-6-21(20)27(2)26(25)22(28)12-19(16)24(25,15-32-26)23(29)30-3/h4-7,10-11,14,19,22H,8-9,12-13,15H2,1-3H3/b16-4-/t19-,22-,24-,25-,26+/m0/s1. The summed E-state index contributed by atoms with van der Waals surface area (Å²) in [6.45, 7) is 4.39. The molecule has 3 saturated heterocycles. The van der Waals surface area contributed by atoms with Gasteiger partial charge < -0.3 is 18.8 Å². The van der Waals surface area contributed by atoms with Crippen LogP contribution in [0, 0.1) is 11.3 Å². The van der Waals surface area contributed by atoms with Gasteiger partial charge in [0.2, 0.25) is 0 Å². The van der Waals surface area contributed by atoms with E-state index in [2.05, 4.69) is 48.0 Å². The summed E-state index contributed by atoms with van der Waals surface area (Å²) in [5, 5.41) is 0. The Kier molecular flexibility index (Phi) is 3.47. The fourth-order valence-corrected chi connectivity index (χ4v) is 8.40. The number of allylic oxidation sites excluding steroid dienone is 1. The molecular weight excluding hydrogens is 404 g/mol. The number of esters is 1. The molecule has 1 saturated carbocycles. The molecule has 32 heavy (non-hydrogen) atoms. The summed E-state index contributed by atoms with van der Waals surface area (Å²) < 4.78 is 17.9. The summed E-state index contributed by atoms with van der Waals surface area (Å²) in [7, 11) is 3.69. The number of methoxy groups -OCH3 is 1. The molecule has 0 unspecified atom stereocenters. The first-order chi connectivity index (χ1) is 15.5. The third-order valence-electron chi connectivity index (χ3n) is 9.54. The van der Waals surface area contributed by atoms with Crippen LogP contribution in [0.4, 0.5) is 5.69 Å². The first kappa shape index (κ1) is 18.9. The second-order valence-electron chi connectivity index (χ2n) is 10.0. The van der Waals surface area contributed by atoms with E-state index in [9.17, 15) is 4.79 Å². The molecule has 7 rings (SSSR count). The highest BCUT2D eigenvalue weighted by molar-refractivity contribution is 5.87. The van der Waals surface area contributed by atoms with Gasteiger partial charge in [-0.2, -0.15) is 0 Å². The molecule has 0 spiro atoms. The molecule has 166 valence electrons. The van der Waals surface area contributed by atoms with Gasteiger partial charge in [-0.15, -0.1) is 0 Å². The van der Waals surface area contributed by atoms with E-state index in [4.69, 9.17) is 13.9 Å². The second-order valence-corrected chi connectivity index (χ2v) is 10.0. The molecule has 5 heterocycles. The number of nitrogens with zero attached hydrogens (tertiary/aromatic N) is 2. The van der Waals surface area contributed by atoms with Crippen LogP contribution in [0.5, 0.6) is 0 Å². The van der Waals surface area contributed by atoms with Crippen molar-refractivity contribution in [2.45, 2.75) is 36.9 Å². The van der Waals surface area contributed by atoms with Crippen molar-refractivity contribution in [3.05, 3.63) is 54.0 Å². The van der Waals surface area contributed by atoms with Gasteiger partial charge in [0.05, 0.1) is 37.7 Å². The fraction of sp³-hybridized carbons (Fsp3) is 0.500. The average Bonchev–Trinajstić information content (AvgIpc) is 3.49. The van der Waals surface area contributed by atoms with Gasteiger partial charge in [0.15, 0.2) is 5.72 Å². The van der Waals surface area contributed by atoms with E-state index in [1.54, 1.807) is 12.5 Å². The molecule has 0 N–H and O–H groups in total. The maximum absolute atomic E-state index is 13.9. The van der Waals surface area contributed by atoms with Crippen LogP contribution in [0.1, 0.15) is 25.3 Å². The molecule has 5 bridgehead atoms. The van der Waals surface area contributed by atoms with Gasteiger partial charge in [0.1, 0.15) is 5.41 Å². The van der Waals surface area contributed by atoms with Crippen LogP contribution in [0.25, 0.3) is 11.1 Å². The lowest BCUT2D eigenvalue weighted by Gasteiger charge is -2.66. The van der Waals surface area contributed by atoms with Crippen molar-refractivity contribution in [1.29, 1.82) is 0 Å². The Bertz CT molecular complexity index is 1170. The summed E-state index contributed by atoms with van der Waals surface area (Å²) in [6, 6.07) is 8.88. The molecule has 6 nitrogen and oxygen atoms in total. The zero-order chi connectivity index (χ0) is 21.9. The Morgan fingerprint density at radius 1 is 1.28 bits per heavy atom. The molecule has 0 radical (unpaired) electrons. The summed E-state index contributed by atoms with van der Waals surface area (Å²) in [5.74, 6) is 0.0153. The van der Waals surface area contributed by atoms with Gasteiger partial charge in [0.25, 0.3) is 0 Å². The zero-order valence-electron chi connectivity index (χ0n) is 18.8. The molecular formula is C26H28N2O4. The highest BCUT2D eigenvalue weighted by Crippen LogP contribution is 2.76. The smallest absolute Gasteiger partial charge is 0.315 e. The molecule has 5 aliphatic rings. The summed E-state index contributed by atoms with van der Waals surface area (Å²) >= 11 is 0. The minimum atomic E-state index is -0.721. The van der Waals surface area contributed by atoms with Crippen LogP contribution in [-0.2, 0) is 19.7 Å². The van der Waals surface area contributed by atoms with Crippen LogP contribution >= 0.6 is 0 Å². The molecule has 6 heteroatoms. The third kappa shape index (κ3) is 1.69. The highest BCUT2D eigenvalue weighted by Gasteiger charge is 2.86. The number of fused-ring (bicyclic) bond motifs is 3. The number of hydrogen-bond donors (Lipinski definition) is 0. The van der Waals surface area contributed by atoms with Crippen molar-refractivity contribution in [1.82, 2.24) is 4.90 Å². The average molecular weight is 433 g/mol. The lowest BCUT2D eigenvalue weighted by atomic mass is 9.43. The number of carbonyl (C=O) groups is 1. The lowest BCUT2D eigenvalue weighted by Crippen LogP contribution is -2.80. The molecule has 1 aromatic carbocycles. The number of ether oxygens (including phenoxy) is 2. The third-order valence-corrected chi connectivity index (χ3v) is 9.54. The topological polar surface area (TPSA) is 55.2 Å². The van der Waals surface area contributed by atoms with Gasteiger partial charge in [-0.3, -0.25) is 9.69 Å². The first-order valence-electron chi connectivity index (χ1n) is 11.6. The molecule has 5 atom stereocenters. The van der Waals surface area contributed by atoms with Gasteiger partial charge in [-0.25, -0.2) is 0 Å². The van der Waals surface area contributed by atoms with E-state index in [1.165, 1.54) is 23.9 Å². The fourth-order valence-electron chi connectivity index (χ4n) is 8.40. The van der Waals surface area contributed by atoms with Gasteiger partial charge in [0, 0.05) is 37.3 Å². The van der Waals surface area contributed by atoms with Crippen LogP contribution in [0.15, 0.2) is 52.9 Å². The van der Waals surface area contributed by atoms with Crippen LogP contribution in [0.3, 0.4) is 0 Å². The number of likely N-dealkylation sites (N-methyl/N-ethyl adjacent to an activating group) is 1. The molecule has 1 aliphatic carbocycles. The van der Waals surface area contributed by atoms with Gasteiger partial charge >= 0.3 is 5.97 Å². The van der Waals surface area contributed by atoms with E-state index >= 15 is 0 Å². The number of hydrogen-bond acceptors (Lipinski definition) is 6. The summed E-state index contributed by atoms with van der Waals surface area (Å²) in [6.07, 6.45) is 7.54. The van der Waals surface area contributed by atoms with Crippen molar-refractivity contribution < 1.29 is 18.7 Å². The van der Waals surface area contributed by atoms with E-state index in [1.807, 2.05) is 6.07 Å². The monoisotopic (exact) mass is 432 g/mol. The zero-order valence-corrected chi connectivity index (χ0v) is 18.8. The number of furan rings is 1. The molecule has 2 aromatic rings. The van der Waals surface area contributed by atoms with Crippen molar-refractivity contribution >= 4 is 11.7 Å². The summed E-state index contributed by atoms with van der Waals surface area (Å²) in [5.41, 5.74) is 4.20. The second kappa shape index (κ2) is 5.86. The maximum atomic E-state index is 13.9. The number of benzene rings is 1. The van der Waals surface area contributed by atoms with Gasteiger partial charge in [-0.1, -0.05) is 17.7 Å². The SMILES string of the molecule is C/C=C1/CN2CC[C@@]34c5cc(-c6ccoc6)ccc5N(C)[C@]35OC[C@@]4(C(=O)OC)[C@H]1C[C@H]25. The number of piperidine rings is 2. The minimum Gasteiger partial charge on any atom is -0.472 e. The van der Waals surface area contributed by atoms with Crippen LogP contribution < -0.4 is 4.90 Å². The predicted octanol–water partition coefficient (Wildman–Crippen LogP) is 3.57. The van der Waals surface area contributed by atoms with Crippen molar-refractivity contribution in [3.8, 4) is 11.1 Å². The normalized spacial score (nSPS) is 40.0. The predicted molar refractivity (Wildman–Crippen MR) is 119 cm³/mol. The quantitative estimate of drug-likeness (QED) is 0.534. The van der Waals surface area contributed by atoms with E-state index in [0.29, 0.717) is 6.61 Å². The Balaban J connectivity index is 1.57. The number of rotatable bonds is 2. The lowest BCUT2D eigenvalue weighted by molar-refractivity contribution is -0.183. The van der Waals surface area contributed by atoms with Crippen LogP contribution in [0.2, 0.25) is 0 Å². The minimum absolute atomic E-state index is 0.118. The Hall–Kier alpha value is -2.57. The molecule has 4 aliphatic heterocycles. The Labute approximate surface area is 187 Å². The van der Waals surface area contributed by atoms with E-state index < -0.39 is 16.6 Å². The van der Waals surface area contributed by atoms with Crippen molar-refractivity contribution in [2.24, 2.45) is 11.3 Å². The number of anilines is 1. The van der Waals surface area contributed by atoms with Crippen molar-refractivity contribution in [2.75, 3.05) is 38.8 Å². The summed E-state index contributed by atoms with van der Waals surface area (Å²) in [4.78, 5) is 18.8. The number of carbonyl (C=O) groups excluding carboxylic acids is 1. The molecule has 4 fully saturated rings. The first-order valence-corrected chi connectivity index (χ1v) is 11.6. The Morgan fingerprint density at radius 2 is 2.16 bits per heavy atom. The van der Waals surface area contributed by atoms with Crippen molar-refractivity contribution in [3.63, 3.8) is 0 Å². The van der Waals surface area contributed by atoms with E-state index in [-0.39, 0.29) is 17.9 Å². The molecule has 0 amide bonds. The Morgan fingerprint density at radius 3 is 2.91 bits per heavy atom. The van der Waals surface area contributed by atoms with E-state index in [0.717, 1.165) is 37.1 Å². The highest BCUT2D eigenvalue weighted by atomic mass is 16.6. The molecule has 1 aromatic heterocycles. The van der Waals surface area contributed by atoms with Gasteiger partial charge in [-0.05, 0) is 49.1 Å². The van der Waals surface area contributed by atoms with Crippen LogP contribution in [-0.4, -0.2) is 56.5 Å².